The van der Waals surface area contributed by atoms with Gasteiger partial charge >= 0.3 is 5.97 Å². The van der Waals surface area contributed by atoms with Crippen molar-refractivity contribution in [3.05, 3.63) is 35.9 Å². The summed E-state index contributed by atoms with van der Waals surface area (Å²) in [6.07, 6.45) is 1.29. The summed E-state index contributed by atoms with van der Waals surface area (Å²) in [7, 11) is 0. The monoisotopic (exact) mass is 275 g/mol. The van der Waals surface area contributed by atoms with Crippen molar-refractivity contribution in [1.29, 1.82) is 0 Å². The molecule has 1 unspecified atom stereocenters. The molecule has 1 aliphatic rings. The SMILES string of the molecule is O=C(O)CCCCN1C(=O)CC(c2ccccc2)C1=O. The maximum absolute atomic E-state index is 12.2. The number of likely N-dealkylation sites (tertiary alicyclic amines) is 1. The van der Waals surface area contributed by atoms with Gasteiger partial charge < -0.3 is 5.11 Å². The van der Waals surface area contributed by atoms with E-state index >= 15 is 0 Å². The normalized spacial score (nSPS) is 18.6. The lowest BCUT2D eigenvalue weighted by Crippen LogP contribution is -2.31. The minimum atomic E-state index is -0.855. The molecule has 0 aliphatic carbocycles. The summed E-state index contributed by atoms with van der Waals surface area (Å²) in [5.41, 5.74) is 0.860. The molecular formula is C15H17NO4. The van der Waals surface area contributed by atoms with Crippen LogP contribution in [0.4, 0.5) is 0 Å². The second-order valence-electron chi connectivity index (χ2n) is 4.90. The van der Waals surface area contributed by atoms with Gasteiger partial charge in [-0.1, -0.05) is 30.3 Å². The molecule has 1 aliphatic heterocycles. The highest BCUT2D eigenvalue weighted by atomic mass is 16.4. The van der Waals surface area contributed by atoms with Crippen molar-refractivity contribution < 1.29 is 19.5 Å². The molecule has 20 heavy (non-hydrogen) atoms. The molecule has 0 radical (unpaired) electrons. The first-order valence-corrected chi connectivity index (χ1v) is 6.70. The van der Waals surface area contributed by atoms with Gasteiger partial charge in [-0.2, -0.15) is 0 Å². The van der Waals surface area contributed by atoms with E-state index in [0.29, 0.717) is 19.4 Å². The van der Waals surface area contributed by atoms with Crippen LogP contribution in [-0.2, 0) is 14.4 Å². The Labute approximate surface area is 117 Å². The number of benzene rings is 1. The van der Waals surface area contributed by atoms with Crippen molar-refractivity contribution in [3.8, 4) is 0 Å². The Hall–Kier alpha value is -2.17. The Morgan fingerprint density at radius 3 is 2.55 bits per heavy atom. The molecule has 1 atom stereocenters. The lowest BCUT2D eigenvalue weighted by atomic mass is 9.98. The van der Waals surface area contributed by atoms with Gasteiger partial charge in [-0.25, -0.2) is 0 Å². The van der Waals surface area contributed by atoms with E-state index in [1.165, 1.54) is 4.90 Å². The van der Waals surface area contributed by atoms with E-state index in [2.05, 4.69) is 0 Å². The minimum absolute atomic E-state index is 0.0678. The molecule has 1 N–H and O–H groups in total. The summed E-state index contributed by atoms with van der Waals surface area (Å²) < 4.78 is 0. The van der Waals surface area contributed by atoms with Crippen LogP contribution in [0, 0.1) is 0 Å². The van der Waals surface area contributed by atoms with E-state index in [1.807, 2.05) is 30.3 Å². The fraction of sp³-hybridized carbons (Fsp3) is 0.400. The zero-order valence-corrected chi connectivity index (χ0v) is 11.1. The van der Waals surface area contributed by atoms with Crippen molar-refractivity contribution in [1.82, 2.24) is 4.90 Å². The fourth-order valence-corrected chi connectivity index (χ4v) is 2.41. The first-order valence-electron chi connectivity index (χ1n) is 6.70. The molecule has 1 saturated heterocycles. The van der Waals surface area contributed by atoms with Gasteiger partial charge in [0.05, 0.1) is 5.92 Å². The van der Waals surface area contributed by atoms with Gasteiger partial charge in [-0.3, -0.25) is 19.3 Å². The van der Waals surface area contributed by atoms with E-state index in [1.54, 1.807) is 0 Å². The van der Waals surface area contributed by atoms with Crippen LogP contribution in [0.2, 0.25) is 0 Å². The number of carbonyl (C=O) groups excluding carboxylic acids is 2. The molecule has 1 aromatic rings. The Kier molecular flexibility index (Phi) is 4.50. The first-order chi connectivity index (χ1) is 9.59. The zero-order chi connectivity index (χ0) is 14.5. The molecule has 5 nitrogen and oxygen atoms in total. The summed E-state index contributed by atoms with van der Waals surface area (Å²) in [6, 6.07) is 9.27. The molecule has 1 heterocycles. The molecule has 2 amide bonds. The molecule has 0 saturated carbocycles. The quantitative estimate of drug-likeness (QED) is 0.634. The topological polar surface area (TPSA) is 74.7 Å². The smallest absolute Gasteiger partial charge is 0.303 e. The number of amides is 2. The summed E-state index contributed by atoms with van der Waals surface area (Å²) in [6.45, 7) is 0.314. The number of aliphatic carboxylic acids is 1. The van der Waals surface area contributed by atoms with E-state index in [9.17, 15) is 14.4 Å². The average Bonchev–Trinajstić information content (AvgIpc) is 2.71. The highest BCUT2D eigenvalue weighted by Gasteiger charge is 2.38. The first kappa shape index (κ1) is 14.2. The number of hydrogen-bond donors (Lipinski definition) is 1. The Balaban J connectivity index is 1.94. The number of hydrogen-bond acceptors (Lipinski definition) is 3. The molecule has 1 aromatic carbocycles. The van der Waals surface area contributed by atoms with Crippen molar-refractivity contribution in [2.24, 2.45) is 0 Å². The third kappa shape index (κ3) is 3.23. The van der Waals surface area contributed by atoms with Crippen molar-refractivity contribution in [2.45, 2.75) is 31.6 Å². The summed E-state index contributed by atoms with van der Waals surface area (Å²) in [4.78, 5) is 35.8. The maximum Gasteiger partial charge on any atom is 0.303 e. The van der Waals surface area contributed by atoms with Gasteiger partial charge in [-0.15, -0.1) is 0 Å². The number of carboxylic acids is 1. The van der Waals surface area contributed by atoms with E-state index < -0.39 is 5.97 Å². The van der Waals surface area contributed by atoms with Crippen LogP contribution in [0.3, 0.4) is 0 Å². The number of rotatable bonds is 6. The Morgan fingerprint density at radius 1 is 1.20 bits per heavy atom. The number of imide groups is 1. The fourth-order valence-electron chi connectivity index (χ4n) is 2.41. The van der Waals surface area contributed by atoms with E-state index in [0.717, 1.165) is 5.56 Å². The average molecular weight is 275 g/mol. The van der Waals surface area contributed by atoms with E-state index in [4.69, 9.17) is 5.11 Å². The van der Waals surface area contributed by atoms with Gasteiger partial charge in [0, 0.05) is 19.4 Å². The van der Waals surface area contributed by atoms with Gasteiger partial charge in [0.25, 0.3) is 0 Å². The number of carboxylic acid groups (broad SMARTS) is 1. The van der Waals surface area contributed by atoms with Crippen molar-refractivity contribution in [3.63, 3.8) is 0 Å². The lowest BCUT2D eigenvalue weighted by Gasteiger charge is -2.14. The van der Waals surface area contributed by atoms with Gasteiger partial charge in [0.1, 0.15) is 0 Å². The van der Waals surface area contributed by atoms with Crippen LogP contribution in [0.5, 0.6) is 0 Å². The van der Waals surface area contributed by atoms with Crippen LogP contribution >= 0.6 is 0 Å². The van der Waals surface area contributed by atoms with Gasteiger partial charge in [0.15, 0.2) is 0 Å². The molecule has 5 heteroatoms. The third-order valence-electron chi connectivity index (χ3n) is 3.47. The minimum Gasteiger partial charge on any atom is -0.481 e. The van der Waals surface area contributed by atoms with Crippen LogP contribution in [0.1, 0.15) is 37.2 Å². The molecule has 1 fully saturated rings. The number of unbranched alkanes of at least 4 members (excludes halogenated alkanes) is 1. The Bertz CT molecular complexity index is 512. The van der Waals surface area contributed by atoms with Crippen LogP contribution in [0.15, 0.2) is 30.3 Å². The van der Waals surface area contributed by atoms with Crippen LogP contribution in [0.25, 0.3) is 0 Å². The standard InChI is InChI=1S/C15H17NO4/c17-13-10-12(11-6-2-1-3-7-11)15(20)16(13)9-5-4-8-14(18)19/h1-3,6-7,12H,4-5,8-10H2,(H,18,19). The maximum atomic E-state index is 12.2. The lowest BCUT2D eigenvalue weighted by molar-refractivity contribution is -0.138. The third-order valence-corrected chi connectivity index (χ3v) is 3.47. The second kappa shape index (κ2) is 6.32. The number of nitrogens with zero attached hydrogens (tertiary/aromatic N) is 1. The predicted octanol–water partition coefficient (Wildman–Crippen LogP) is 1.78. The number of carbonyl (C=O) groups is 3. The Morgan fingerprint density at radius 2 is 1.90 bits per heavy atom. The molecule has 0 aromatic heterocycles. The molecule has 2 rings (SSSR count). The summed E-state index contributed by atoms with van der Waals surface area (Å²) >= 11 is 0. The highest BCUT2D eigenvalue weighted by molar-refractivity contribution is 6.06. The largest absolute Gasteiger partial charge is 0.481 e. The molecule has 106 valence electrons. The highest BCUT2D eigenvalue weighted by Crippen LogP contribution is 2.29. The van der Waals surface area contributed by atoms with Crippen molar-refractivity contribution >= 4 is 17.8 Å². The van der Waals surface area contributed by atoms with E-state index in [-0.39, 0.29) is 30.6 Å². The molecular weight excluding hydrogens is 258 g/mol. The van der Waals surface area contributed by atoms with Crippen LogP contribution < -0.4 is 0 Å². The van der Waals surface area contributed by atoms with Gasteiger partial charge in [-0.05, 0) is 18.4 Å². The summed E-state index contributed by atoms with van der Waals surface area (Å²) in [5, 5.41) is 8.55. The van der Waals surface area contributed by atoms with Crippen molar-refractivity contribution in [2.75, 3.05) is 6.54 Å². The zero-order valence-electron chi connectivity index (χ0n) is 11.1. The van der Waals surface area contributed by atoms with Crippen LogP contribution in [-0.4, -0.2) is 34.3 Å². The predicted molar refractivity (Wildman–Crippen MR) is 72.0 cm³/mol. The second-order valence-corrected chi connectivity index (χ2v) is 4.90. The molecule has 0 spiro atoms. The summed E-state index contributed by atoms with van der Waals surface area (Å²) in [5.74, 6) is -1.58. The van der Waals surface area contributed by atoms with Gasteiger partial charge in [0.2, 0.25) is 11.8 Å². The molecule has 0 bridgehead atoms.